The maximum absolute atomic E-state index is 11.9. The Morgan fingerprint density at radius 3 is 2.52 bits per heavy atom. The van der Waals surface area contributed by atoms with Crippen LogP contribution in [0, 0.1) is 0 Å². The summed E-state index contributed by atoms with van der Waals surface area (Å²) in [6.07, 6.45) is 3.32. The van der Waals surface area contributed by atoms with Crippen LogP contribution in [0.3, 0.4) is 0 Å². The third kappa shape index (κ3) is 2.86. The number of nitrogens with zero attached hydrogens (tertiary/aromatic N) is 2. The quantitative estimate of drug-likeness (QED) is 0.675. The van der Waals surface area contributed by atoms with Crippen LogP contribution < -0.4 is 10.9 Å². The molecule has 7 heteroatoms. The first-order chi connectivity index (χ1) is 10.2. The molecule has 3 aromatic rings. The highest BCUT2D eigenvalue weighted by Crippen LogP contribution is 2.18. The molecule has 1 aromatic carbocycles. The summed E-state index contributed by atoms with van der Waals surface area (Å²) in [6, 6.07) is 9.91. The number of nitrogens with one attached hydrogen (secondary N) is 3. The van der Waals surface area contributed by atoms with Crippen LogP contribution in [0.1, 0.15) is 10.5 Å². The van der Waals surface area contributed by atoms with Gasteiger partial charge in [0.2, 0.25) is 0 Å². The van der Waals surface area contributed by atoms with Crippen molar-refractivity contribution in [3.63, 3.8) is 0 Å². The van der Waals surface area contributed by atoms with Gasteiger partial charge in [0, 0.05) is 11.8 Å². The number of aromatic amines is 2. The number of rotatable bonds is 3. The van der Waals surface area contributed by atoms with Crippen LogP contribution in [0.25, 0.3) is 11.3 Å². The molecule has 0 bridgehead atoms. The van der Waals surface area contributed by atoms with Crippen LogP contribution in [-0.2, 0) is 0 Å². The molecule has 0 radical (unpaired) electrons. The molecule has 3 N–H and O–H groups in total. The van der Waals surface area contributed by atoms with Crippen molar-refractivity contribution in [3.05, 3.63) is 65.0 Å². The molecule has 0 spiro atoms. The third-order valence-corrected chi connectivity index (χ3v) is 2.86. The third-order valence-electron chi connectivity index (χ3n) is 2.86. The Hall–Kier alpha value is -3.22. The summed E-state index contributed by atoms with van der Waals surface area (Å²) in [6.45, 7) is 0. The molecule has 0 aliphatic rings. The highest BCUT2D eigenvalue weighted by molar-refractivity contribution is 6.02. The van der Waals surface area contributed by atoms with E-state index in [2.05, 4.69) is 25.5 Å². The lowest BCUT2D eigenvalue weighted by atomic mass is 10.1. The molecule has 1 amide bonds. The van der Waals surface area contributed by atoms with Crippen LogP contribution in [0.15, 0.2) is 53.7 Å². The molecule has 2 heterocycles. The van der Waals surface area contributed by atoms with Crippen LogP contribution in [0.2, 0.25) is 0 Å². The first kappa shape index (κ1) is 12.8. The number of H-pyrrole nitrogens is 2. The monoisotopic (exact) mass is 281 g/mol. The molecule has 0 atom stereocenters. The maximum Gasteiger partial charge on any atom is 0.276 e. The Morgan fingerprint density at radius 2 is 1.90 bits per heavy atom. The van der Waals surface area contributed by atoms with Crippen LogP contribution in [0.5, 0.6) is 0 Å². The van der Waals surface area contributed by atoms with Crippen molar-refractivity contribution in [1.29, 1.82) is 0 Å². The number of benzene rings is 1. The van der Waals surface area contributed by atoms with Gasteiger partial charge in [-0.15, -0.1) is 0 Å². The second-order valence-electron chi connectivity index (χ2n) is 4.30. The van der Waals surface area contributed by atoms with Gasteiger partial charge in [0.25, 0.3) is 11.5 Å². The van der Waals surface area contributed by atoms with E-state index in [9.17, 15) is 9.59 Å². The van der Waals surface area contributed by atoms with Gasteiger partial charge in [0.1, 0.15) is 5.69 Å². The van der Waals surface area contributed by atoms with Gasteiger partial charge < -0.3 is 10.3 Å². The lowest BCUT2D eigenvalue weighted by molar-refractivity contribution is 0.102. The second kappa shape index (κ2) is 5.41. The first-order valence-corrected chi connectivity index (χ1v) is 6.18. The van der Waals surface area contributed by atoms with E-state index in [1.165, 1.54) is 12.1 Å². The lowest BCUT2D eigenvalue weighted by Crippen LogP contribution is -2.17. The number of amides is 1. The minimum atomic E-state index is -0.388. The van der Waals surface area contributed by atoms with Gasteiger partial charge in [0.15, 0.2) is 0 Å². The topological polar surface area (TPSA) is 104 Å². The summed E-state index contributed by atoms with van der Waals surface area (Å²) in [4.78, 5) is 29.8. The Balaban J connectivity index is 1.74. The van der Waals surface area contributed by atoms with Gasteiger partial charge in [-0.2, -0.15) is 5.10 Å². The number of aromatic nitrogens is 4. The van der Waals surface area contributed by atoms with Gasteiger partial charge in [-0.25, -0.2) is 10.1 Å². The van der Waals surface area contributed by atoms with Crippen LogP contribution >= 0.6 is 0 Å². The maximum atomic E-state index is 11.9. The summed E-state index contributed by atoms with van der Waals surface area (Å²) in [5.41, 5.74) is 2.29. The Labute approximate surface area is 119 Å². The predicted molar refractivity (Wildman–Crippen MR) is 76.8 cm³/mol. The standard InChI is InChI=1S/C14H11N5O2/c20-13-6-5-11(18-19-13)14(21)17-10-3-1-9(2-4-10)12-7-15-8-16-12/h1-8H,(H,15,16)(H,17,21)(H,19,20). The number of hydrogen-bond acceptors (Lipinski definition) is 4. The van der Waals surface area contributed by atoms with E-state index in [0.29, 0.717) is 5.69 Å². The summed E-state index contributed by atoms with van der Waals surface area (Å²) < 4.78 is 0. The molecular weight excluding hydrogens is 270 g/mol. The van der Waals surface area contributed by atoms with Gasteiger partial charge in [-0.05, 0) is 23.8 Å². The first-order valence-electron chi connectivity index (χ1n) is 6.18. The fourth-order valence-electron chi connectivity index (χ4n) is 1.81. The molecule has 0 aliphatic heterocycles. The predicted octanol–water partition coefficient (Wildman–Crippen LogP) is 1.41. The fraction of sp³-hybridized carbons (Fsp3) is 0. The zero-order valence-electron chi connectivity index (χ0n) is 10.8. The minimum absolute atomic E-state index is 0.146. The number of carbonyl (C=O) groups is 1. The average Bonchev–Trinajstić information content (AvgIpc) is 3.03. The molecule has 0 fully saturated rings. The smallest absolute Gasteiger partial charge is 0.276 e. The van der Waals surface area contributed by atoms with E-state index in [4.69, 9.17) is 0 Å². The number of imidazole rings is 1. The number of hydrogen-bond donors (Lipinski definition) is 3. The van der Waals surface area contributed by atoms with Crippen molar-refractivity contribution in [2.75, 3.05) is 5.32 Å². The van der Waals surface area contributed by atoms with Crippen molar-refractivity contribution in [2.24, 2.45) is 0 Å². The summed E-state index contributed by atoms with van der Waals surface area (Å²) in [7, 11) is 0. The lowest BCUT2D eigenvalue weighted by Gasteiger charge is -2.05. The average molecular weight is 281 g/mol. The van der Waals surface area contributed by atoms with Crippen molar-refractivity contribution in [3.8, 4) is 11.3 Å². The fourth-order valence-corrected chi connectivity index (χ4v) is 1.81. The molecule has 0 aliphatic carbocycles. The van der Waals surface area contributed by atoms with Crippen molar-refractivity contribution >= 4 is 11.6 Å². The Bertz CT molecular complexity index is 786. The summed E-state index contributed by atoms with van der Waals surface area (Å²) in [5, 5.41) is 8.59. The largest absolute Gasteiger partial charge is 0.345 e. The van der Waals surface area contributed by atoms with E-state index in [1.54, 1.807) is 24.7 Å². The summed E-state index contributed by atoms with van der Waals surface area (Å²) in [5.74, 6) is -0.388. The van der Waals surface area contributed by atoms with E-state index in [1.807, 2.05) is 12.1 Å². The van der Waals surface area contributed by atoms with E-state index >= 15 is 0 Å². The van der Waals surface area contributed by atoms with Crippen molar-refractivity contribution in [1.82, 2.24) is 20.2 Å². The van der Waals surface area contributed by atoms with Gasteiger partial charge in [-0.3, -0.25) is 9.59 Å². The van der Waals surface area contributed by atoms with Gasteiger partial charge in [0.05, 0.1) is 18.2 Å². The zero-order valence-corrected chi connectivity index (χ0v) is 10.8. The zero-order chi connectivity index (χ0) is 14.7. The minimum Gasteiger partial charge on any atom is -0.345 e. The van der Waals surface area contributed by atoms with Gasteiger partial charge in [-0.1, -0.05) is 12.1 Å². The van der Waals surface area contributed by atoms with Crippen molar-refractivity contribution in [2.45, 2.75) is 0 Å². The SMILES string of the molecule is O=C(Nc1ccc(-c2cnc[nH]2)cc1)c1ccc(=O)[nH]n1. The van der Waals surface area contributed by atoms with Crippen LogP contribution in [-0.4, -0.2) is 26.1 Å². The molecule has 3 rings (SSSR count). The Morgan fingerprint density at radius 1 is 1.10 bits per heavy atom. The molecule has 2 aromatic heterocycles. The highest BCUT2D eigenvalue weighted by Gasteiger charge is 2.08. The van der Waals surface area contributed by atoms with E-state index in [-0.39, 0.29) is 17.2 Å². The molecule has 0 unspecified atom stereocenters. The van der Waals surface area contributed by atoms with E-state index in [0.717, 1.165) is 11.3 Å². The normalized spacial score (nSPS) is 10.3. The highest BCUT2D eigenvalue weighted by atomic mass is 16.2. The Kier molecular flexibility index (Phi) is 3.30. The summed E-state index contributed by atoms with van der Waals surface area (Å²) >= 11 is 0. The van der Waals surface area contributed by atoms with Crippen molar-refractivity contribution < 1.29 is 4.79 Å². The van der Waals surface area contributed by atoms with Gasteiger partial charge >= 0.3 is 0 Å². The molecule has 104 valence electrons. The van der Waals surface area contributed by atoms with Crippen LogP contribution in [0.4, 0.5) is 5.69 Å². The molecule has 21 heavy (non-hydrogen) atoms. The molecule has 7 nitrogen and oxygen atoms in total. The molecule has 0 saturated heterocycles. The molecule has 0 saturated carbocycles. The second-order valence-corrected chi connectivity index (χ2v) is 4.30. The number of carbonyl (C=O) groups excluding carboxylic acids is 1. The van der Waals surface area contributed by atoms with E-state index < -0.39 is 0 Å². The number of anilines is 1. The molecular formula is C14H11N5O2.